The Morgan fingerprint density at radius 1 is 1.11 bits per heavy atom. The van der Waals surface area contributed by atoms with Crippen LogP contribution in [-0.2, 0) is 14.3 Å². The van der Waals surface area contributed by atoms with Crippen molar-refractivity contribution in [3.8, 4) is 0 Å². The third-order valence-corrected chi connectivity index (χ3v) is 7.88. The van der Waals surface area contributed by atoms with E-state index >= 15 is 0 Å². The number of unbranched alkanes of at least 4 members (excludes halogenated alkanes) is 1. The normalized spacial score (nSPS) is 36.2. The number of aliphatic carboxylic acids is 1. The Morgan fingerprint density at radius 3 is 2.44 bits per heavy atom. The van der Waals surface area contributed by atoms with Crippen molar-refractivity contribution in [3.63, 3.8) is 0 Å². The summed E-state index contributed by atoms with van der Waals surface area (Å²) < 4.78 is 5.79. The van der Waals surface area contributed by atoms with Crippen molar-refractivity contribution in [2.75, 3.05) is 6.61 Å². The summed E-state index contributed by atoms with van der Waals surface area (Å²) in [6.45, 7) is 11.7. The van der Waals surface area contributed by atoms with Crippen molar-refractivity contribution in [2.45, 2.75) is 86.0 Å². The van der Waals surface area contributed by atoms with E-state index in [-0.39, 0.29) is 17.3 Å². The minimum Gasteiger partial charge on any atom is -0.481 e. The van der Waals surface area contributed by atoms with Crippen molar-refractivity contribution in [3.05, 3.63) is 0 Å². The average molecular weight is 381 g/mol. The highest BCUT2D eigenvalue weighted by atomic mass is 16.5. The van der Waals surface area contributed by atoms with Crippen molar-refractivity contribution in [2.24, 2.45) is 40.9 Å². The molecule has 2 saturated carbocycles. The van der Waals surface area contributed by atoms with E-state index in [0.717, 1.165) is 19.3 Å². The van der Waals surface area contributed by atoms with Gasteiger partial charge in [0.1, 0.15) is 0 Å². The number of rotatable bonds is 7. The molecule has 1 N–H and O–H groups in total. The predicted molar refractivity (Wildman–Crippen MR) is 107 cm³/mol. The molecule has 4 nitrogen and oxygen atoms in total. The molecule has 2 aliphatic carbocycles. The van der Waals surface area contributed by atoms with Gasteiger partial charge in [-0.25, -0.2) is 0 Å². The maximum atomic E-state index is 12.8. The van der Waals surface area contributed by atoms with Crippen LogP contribution in [0, 0.1) is 40.9 Å². The molecular weight excluding hydrogens is 340 g/mol. The zero-order chi connectivity index (χ0) is 20.2. The Kier molecular flexibility index (Phi) is 7.76. The molecule has 0 aliphatic heterocycles. The molecule has 0 bridgehead atoms. The van der Waals surface area contributed by atoms with E-state index in [1.165, 1.54) is 25.7 Å². The Morgan fingerprint density at radius 2 is 1.81 bits per heavy atom. The van der Waals surface area contributed by atoms with Crippen molar-refractivity contribution in [1.29, 1.82) is 0 Å². The molecule has 0 saturated heterocycles. The minimum atomic E-state index is -0.849. The number of carbonyl (C=O) groups excluding carboxylic acids is 1. The van der Waals surface area contributed by atoms with Crippen LogP contribution in [0.3, 0.4) is 0 Å². The van der Waals surface area contributed by atoms with Crippen LogP contribution < -0.4 is 0 Å². The summed E-state index contributed by atoms with van der Waals surface area (Å²) in [7, 11) is 0. The summed E-state index contributed by atoms with van der Waals surface area (Å²) >= 11 is 0. The van der Waals surface area contributed by atoms with Crippen LogP contribution in [-0.4, -0.2) is 23.7 Å². The van der Waals surface area contributed by atoms with E-state index in [9.17, 15) is 14.7 Å². The van der Waals surface area contributed by atoms with Crippen molar-refractivity contribution < 1.29 is 19.4 Å². The van der Waals surface area contributed by atoms with Gasteiger partial charge in [0.05, 0.1) is 18.4 Å². The lowest BCUT2D eigenvalue weighted by molar-refractivity contribution is -0.164. The second kappa shape index (κ2) is 9.43. The van der Waals surface area contributed by atoms with E-state index in [0.29, 0.717) is 30.8 Å². The van der Waals surface area contributed by atoms with E-state index in [1.807, 2.05) is 6.92 Å². The Bertz CT molecular complexity index is 513. The highest BCUT2D eigenvalue weighted by Crippen LogP contribution is 2.50. The lowest BCUT2D eigenvalue weighted by Crippen LogP contribution is -2.43. The highest BCUT2D eigenvalue weighted by molar-refractivity contribution is 5.81. The second-order valence-electron chi connectivity index (χ2n) is 9.82. The smallest absolute Gasteiger partial charge is 0.309 e. The molecule has 0 radical (unpaired) electrons. The number of carbonyl (C=O) groups is 2. The van der Waals surface area contributed by atoms with Crippen LogP contribution >= 0.6 is 0 Å². The van der Waals surface area contributed by atoms with Gasteiger partial charge in [-0.3, -0.25) is 9.59 Å². The largest absolute Gasteiger partial charge is 0.481 e. The average Bonchev–Trinajstić information content (AvgIpc) is 2.61. The fourth-order valence-corrected chi connectivity index (χ4v) is 5.63. The summed E-state index contributed by atoms with van der Waals surface area (Å²) in [4.78, 5) is 24.4. The Hall–Kier alpha value is -1.06. The quantitative estimate of drug-likeness (QED) is 0.589. The van der Waals surface area contributed by atoms with Crippen LogP contribution in [0.15, 0.2) is 0 Å². The maximum absolute atomic E-state index is 12.8. The molecule has 2 aliphatic rings. The molecule has 27 heavy (non-hydrogen) atoms. The third kappa shape index (κ3) is 5.06. The fraction of sp³-hybridized carbons (Fsp3) is 0.913. The predicted octanol–water partition coefficient (Wildman–Crippen LogP) is 5.55. The van der Waals surface area contributed by atoms with E-state index in [1.54, 1.807) is 0 Å². The first kappa shape index (κ1) is 22.2. The fourth-order valence-electron chi connectivity index (χ4n) is 5.63. The molecule has 0 heterocycles. The molecule has 2 rings (SSSR count). The highest BCUT2D eigenvalue weighted by Gasteiger charge is 2.44. The number of hydrogen-bond acceptors (Lipinski definition) is 3. The summed E-state index contributed by atoms with van der Waals surface area (Å²) in [5.74, 6) is -0.508. The molecule has 156 valence electrons. The first-order chi connectivity index (χ1) is 12.7. The summed E-state index contributed by atoms with van der Waals surface area (Å²) in [6.07, 6.45) is 8.32. The van der Waals surface area contributed by atoms with Gasteiger partial charge in [-0.05, 0) is 61.2 Å². The molecule has 0 spiro atoms. The van der Waals surface area contributed by atoms with Crippen LogP contribution in [0.25, 0.3) is 0 Å². The number of carboxylic acid groups (broad SMARTS) is 1. The molecule has 6 unspecified atom stereocenters. The van der Waals surface area contributed by atoms with Gasteiger partial charge in [0.2, 0.25) is 0 Å². The van der Waals surface area contributed by atoms with E-state index in [4.69, 9.17) is 4.74 Å². The number of hydrogen-bond donors (Lipinski definition) is 1. The summed E-state index contributed by atoms with van der Waals surface area (Å²) in [5.41, 5.74) is 0.257. The first-order valence-corrected chi connectivity index (χ1v) is 11.1. The van der Waals surface area contributed by atoms with Gasteiger partial charge in [0, 0.05) is 0 Å². The van der Waals surface area contributed by atoms with Gasteiger partial charge < -0.3 is 9.84 Å². The lowest BCUT2D eigenvalue weighted by Gasteiger charge is -2.48. The molecule has 0 aromatic rings. The topological polar surface area (TPSA) is 63.6 Å². The van der Waals surface area contributed by atoms with E-state index in [2.05, 4.69) is 27.7 Å². The summed E-state index contributed by atoms with van der Waals surface area (Å²) in [6, 6.07) is 0. The lowest BCUT2D eigenvalue weighted by atomic mass is 9.57. The number of carboxylic acids is 1. The van der Waals surface area contributed by atoms with Gasteiger partial charge in [0.15, 0.2) is 0 Å². The van der Waals surface area contributed by atoms with Crippen LogP contribution in [0.2, 0.25) is 0 Å². The van der Waals surface area contributed by atoms with Gasteiger partial charge in [-0.2, -0.15) is 0 Å². The molecule has 0 aromatic carbocycles. The van der Waals surface area contributed by atoms with Crippen LogP contribution in [0.5, 0.6) is 0 Å². The molecular formula is C23H40O4. The van der Waals surface area contributed by atoms with Gasteiger partial charge in [0.25, 0.3) is 0 Å². The molecule has 4 heteroatoms. The van der Waals surface area contributed by atoms with Crippen LogP contribution in [0.4, 0.5) is 0 Å². The standard InChI is InChI=1S/C23H40O4/c1-6-7-11-19-17(13-12-16(3)23(19,4)5)14-27-22(26)18-10-8-9-15(2)20(18)21(24)25/h15-20H,6-14H2,1-5H3,(H,24,25). The number of ether oxygens (including phenoxy) is 1. The van der Waals surface area contributed by atoms with Gasteiger partial charge in [-0.15, -0.1) is 0 Å². The molecule has 0 aromatic heterocycles. The maximum Gasteiger partial charge on any atom is 0.309 e. The number of esters is 1. The Labute approximate surface area is 165 Å². The molecule has 2 fully saturated rings. The van der Waals surface area contributed by atoms with Gasteiger partial charge in [-0.1, -0.05) is 53.9 Å². The van der Waals surface area contributed by atoms with Crippen LogP contribution in [0.1, 0.15) is 86.0 Å². The van der Waals surface area contributed by atoms with E-state index < -0.39 is 17.8 Å². The molecule has 0 amide bonds. The minimum absolute atomic E-state index is 0.0422. The Balaban J connectivity index is 2.02. The monoisotopic (exact) mass is 380 g/mol. The van der Waals surface area contributed by atoms with Crippen molar-refractivity contribution in [1.82, 2.24) is 0 Å². The summed E-state index contributed by atoms with van der Waals surface area (Å²) in [5, 5.41) is 9.57. The third-order valence-electron chi connectivity index (χ3n) is 7.88. The zero-order valence-corrected chi connectivity index (χ0v) is 18.0. The zero-order valence-electron chi connectivity index (χ0n) is 18.0. The second-order valence-corrected chi connectivity index (χ2v) is 9.82. The SMILES string of the molecule is CCCCC1C(COC(=O)C2CCCC(C)C2C(=O)O)CCC(C)C1(C)C. The first-order valence-electron chi connectivity index (χ1n) is 11.1. The van der Waals surface area contributed by atoms with Crippen molar-refractivity contribution >= 4 is 11.9 Å². The van der Waals surface area contributed by atoms with Gasteiger partial charge >= 0.3 is 11.9 Å². The molecule has 6 atom stereocenters.